The summed E-state index contributed by atoms with van der Waals surface area (Å²) in [5.74, 6) is -0.0705. The first-order chi connectivity index (χ1) is 9.72. The molecular formula is C17H20N2O. The second-order valence-electron chi connectivity index (χ2n) is 5.66. The van der Waals surface area contributed by atoms with Gasteiger partial charge in [0.05, 0.1) is 0 Å². The van der Waals surface area contributed by atoms with Gasteiger partial charge in [0.2, 0.25) is 5.91 Å². The van der Waals surface area contributed by atoms with Crippen molar-refractivity contribution in [2.24, 2.45) is 11.7 Å². The number of carbonyl (C=O) groups excluding carboxylic acids is 1. The van der Waals surface area contributed by atoms with Crippen molar-refractivity contribution in [2.45, 2.75) is 31.7 Å². The predicted octanol–water partition coefficient (Wildman–Crippen LogP) is 3.30. The summed E-state index contributed by atoms with van der Waals surface area (Å²) in [5.41, 5.74) is 6.53. The van der Waals surface area contributed by atoms with E-state index in [1.54, 1.807) is 0 Å². The molecule has 0 aromatic heterocycles. The van der Waals surface area contributed by atoms with Crippen LogP contribution in [0.2, 0.25) is 0 Å². The Balaban J connectivity index is 1.66. The minimum atomic E-state index is -0.144. The topological polar surface area (TPSA) is 55.1 Å². The van der Waals surface area contributed by atoms with E-state index in [-0.39, 0.29) is 11.8 Å². The summed E-state index contributed by atoms with van der Waals surface area (Å²) in [7, 11) is 0. The van der Waals surface area contributed by atoms with Gasteiger partial charge < -0.3 is 11.1 Å². The van der Waals surface area contributed by atoms with Crippen LogP contribution in [0.15, 0.2) is 42.5 Å². The number of nitrogens with one attached hydrogen (secondary N) is 1. The molecule has 2 aromatic carbocycles. The number of amides is 1. The fourth-order valence-corrected chi connectivity index (χ4v) is 3.04. The summed E-state index contributed by atoms with van der Waals surface area (Å²) in [4.78, 5) is 11.2. The van der Waals surface area contributed by atoms with Crippen molar-refractivity contribution in [1.82, 2.24) is 0 Å². The van der Waals surface area contributed by atoms with Crippen molar-refractivity contribution in [2.75, 3.05) is 5.32 Å². The normalized spacial score (nSPS) is 22.6. The van der Waals surface area contributed by atoms with Crippen LogP contribution in [0.5, 0.6) is 0 Å². The molecule has 1 aliphatic rings. The number of nitrogens with two attached hydrogens (primary N) is 1. The first-order valence-electron chi connectivity index (χ1n) is 7.27. The van der Waals surface area contributed by atoms with Crippen LogP contribution >= 0.6 is 0 Å². The number of rotatable bonds is 3. The van der Waals surface area contributed by atoms with E-state index in [2.05, 4.69) is 47.8 Å². The molecule has 3 nitrogen and oxygen atoms in total. The Bertz CT molecular complexity index is 615. The van der Waals surface area contributed by atoms with Crippen LogP contribution in [-0.4, -0.2) is 11.9 Å². The van der Waals surface area contributed by atoms with Gasteiger partial charge in [-0.15, -0.1) is 0 Å². The van der Waals surface area contributed by atoms with E-state index in [0.29, 0.717) is 6.04 Å². The standard InChI is InChI=1S/C17H20N2O/c18-17(20)13-6-8-15(9-7-13)19-16-10-5-12-3-1-2-4-14(12)11-16/h1-5,10-11,13,15,19H,6-9H2,(H2,18,20). The minimum absolute atomic E-state index is 0.0738. The van der Waals surface area contributed by atoms with Crippen molar-refractivity contribution in [3.63, 3.8) is 0 Å². The maximum atomic E-state index is 11.2. The smallest absolute Gasteiger partial charge is 0.220 e. The van der Waals surface area contributed by atoms with Gasteiger partial charge in [0, 0.05) is 17.6 Å². The van der Waals surface area contributed by atoms with E-state index in [4.69, 9.17) is 5.73 Å². The fourth-order valence-electron chi connectivity index (χ4n) is 3.04. The van der Waals surface area contributed by atoms with E-state index >= 15 is 0 Å². The lowest BCUT2D eigenvalue weighted by atomic mass is 9.85. The van der Waals surface area contributed by atoms with Crippen LogP contribution in [-0.2, 0) is 4.79 Å². The molecule has 0 saturated heterocycles. The molecule has 104 valence electrons. The van der Waals surface area contributed by atoms with Gasteiger partial charge in [-0.1, -0.05) is 30.3 Å². The number of benzene rings is 2. The monoisotopic (exact) mass is 268 g/mol. The van der Waals surface area contributed by atoms with E-state index in [1.165, 1.54) is 10.8 Å². The van der Waals surface area contributed by atoms with E-state index < -0.39 is 0 Å². The molecule has 0 radical (unpaired) electrons. The van der Waals surface area contributed by atoms with Crippen LogP contribution < -0.4 is 11.1 Å². The number of hydrogen-bond donors (Lipinski definition) is 2. The van der Waals surface area contributed by atoms with Crippen LogP contribution in [0.25, 0.3) is 10.8 Å². The molecule has 0 atom stereocenters. The molecule has 0 unspecified atom stereocenters. The number of primary amides is 1. The van der Waals surface area contributed by atoms with E-state index in [0.717, 1.165) is 31.4 Å². The molecule has 0 aliphatic heterocycles. The predicted molar refractivity (Wildman–Crippen MR) is 82.5 cm³/mol. The zero-order valence-corrected chi connectivity index (χ0v) is 11.5. The molecule has 1 aliphatic carbocycles. The Hall–Kier alpha value is -2.03. The van der Waals surface area contributed by atoms with Gasteiger partial charge in [-0.05, 0) is 48.6 Å². The highest BCUT2D eigenvalue weighted by Crippen LogP contribution is 2.27. The van der Waals surface area contributed by atoms with Crippen LogP contribution in [0.4, 0.5) is 5.69 Å². The third kappa shape index (κ3) is 2.77. The number of anilines is 1. The van der Waals surface area contributed by atoms with E-state index in [9.17, 15) is 4.79 Å². The molecule has 3 rings (SSSR count). The molecule has 0 heterocycles. The summed E-state index contributed by atoms with van der Waals surface area (Å²) in [6, 6.07) is 15.3. The van der Waals surface area contributed by atoms with Gasteiger partial charge in [0.1, 0.15) is 0 Å². The van der Waals surface area contributed by atoms with Gasteiger partial charge in [-0.2, -0.15) is 0 Å². The Morgan fingerprint density at radius 1 is 1.00 bits per heavy atom. The van der Waals surface area contributed by atoms with Gasteiger partial charge in [-0.3, -0.25) is 4.79 Å². The molecule has 20 heavy (non-hydrogen) atoms. The highest BCUT2D eigenvalue weighted by molar-refractivity contribution is 5.85. The first-order valence-corrected chi connectivity index (χ1v) is 7.27. The fraction of sp³-hybridized carbons (Fsp3) is 0.353. The Morgan fingerprint density at radius 3 is 2.40 bits per heavy atom. The molecule has 2 aromatic rings. The molecule has 3 N–H and O–H groups in total. The largest absolute Gasteiger partial charge is 0.382 e. The Morgan fingerprint density at radius 2 is 1.70 bits per heavy atom. The SMILES string of the molecule is NC(=O)C1CCC(Nc2ccc3ccccc3c2)CC1. The summed E-state index contributed by atoms with van der Waals surface area (Å²) in [6.45, 7) is 0. The Labute approximate surface area is 119 Å². The third-order valence-corrected chi connectivity index (χ3v) is 4.25. The number of hydrogen-bond acceptors (Lipinski definition) is 2. The van der Waals surface area contributed by atoms with Crippen LogP contribution in [0.3, 0.4) is 0 Å². The average Bonchev–Trinajstić information content (AvgIpc) is 2.48. The van der Waals surface area contributed by atoms with Gasteiger partial charge in [0.15, 0.2) is 0 Å². The van der Waals surface area contributed by atoms with Crippen molar-refractivity contribution in [3.8, 4) is 0 Å². The molecule has 1 amide bonds. The maximum absolute atomic E-state index is 11.2. The molecule has 1 fully saturated rings. The van der Waals surface area contributed by atoms with Crippen molar-refractivity contribution < 1.29 is 4.79 Å². The average molecular weight is 268 g/mol. The molecular weight excluding hydrogens is 248 g/mol. The third-order valence-electron chi connectivity index (χ3n) is 4.25. The molecule has 3 heteroatoms. The van der Waals surface area contributed by atoms with Crippen molar-refractivity contribution in [1.29, 1.82) is 0 Å². The van der Waals surface area contributed by atoms with Gasteiger partial charge in [-0.25, -0.2) is 0 Å². The first kappa shape index (κ1) is 13.0. The van der Waals surface area contributed by atoms with Gasteiger partial charge >= 0.3 is 0 Å². The zero-order valence-electron chi connectivity index (χ0n) is 11.5. The maximum Gasteiger partial charge on any atom is 0.220 e. The van der Waals surface area contributed by atoms with E-state index in [1.807, 2.05) is 0 Å². The lowest BCUT2D eigenvalue weighted by Crippen LogP contribution is -2.32. The number of carbonyl (C=O) groups is 1. The highest BCUT2D eigenvalue weighted by atomic mass is 16.1. The second-order valence-corrected chi connectivity index (χ2v) is 5.66. The van der Waals surface area contributed by atoms with Gasteiger partial charge in [0.25, 0.3) is 0 Å². The molecule has 0 spiro atoms. The van der Waals surface area contributed by atoms with Crippen LogP contribution in [0, 0.1) is 5.92 Å². The Kier molecular flexibility index (Phi) is 3.59. The zero-order chi connectivity index (χ0) is 13.9. The van der Waals surface area contributed by atoms with Crippen molar-refractivity contribution in [3.05, 3.63) is 42.5 Å². The summed E-state index contributed by atoms with van der Waals surface area (Å²) in [5, 5.41) is 6.09. The summed E-state index contributed by atoms with van der Waals surface area (Å²) < 4.78 is 0. The lowest BCUT2D eigenvalue weighted by molar-refractivity contribution is -0.122. The lowest BCUT2D eigenvalue weighted by Gasteiger charge is -2.28. The molecule has 0 bridgehead atoms. The highest BCUT2D eigenvalue weighted by Gasteiger charge is 2.24. The minimum Gasteiger partial charge on any atom is -0.382 e. The molecule has 1 saturated carbocycles. The quantitative estimate of drug-likeness (QED) is 0.897. The second kappa shape index (κ2) is 5.53. The summed E-state index contributed by atoms with van der Waals surface area (Å²) in [6.07, 6.45) is 3.84. The van der Waals surface area contributed by atoms with Crippen molar-refractivity contribution >= 4 is 22.4 Å². The summed E-state index contributed by atoms with van der Waals surface area (Å²) >= 11 is 0. The van der Waals surface area contributed by atoms with Crippen LogP contribution in [0.1, 0.15) is 25.7 Å². The number of fused-ring (bicyclic) bond motifs is 1.